The van der Waals surface area contributed by atoms with Gasteiger partial charge in [-0.25, -0.2) is 0 Å². The molecule has 0 fully saturated rings. The summed E-state index contributed by atoms with van der Waals surface area (Å²) in [5.74, 6) is 0. The molecule has 0 saturated carbocycles. The van der Waals surface area contributed by atoms with E-state index in [4.69, 9.17) is 0 Å². The molecule has 0 aromatic heterocycles. The summed E-state index contributed by atoms with van der Waals surface area (Å²) in [5, 5.41) is 5.59. The maximum Gasteiger partial charge on any atom is -0.00170 e. The van der Waals surface area contributed by atoms with Crippen molar-refractivity contribution in [2.45, 2.75) is 54.4 Å². The van der Waals surface area contributed by atoms with Gasteiger partial charge in [-0.05, 0) is 93.2 Å². The Morgan fingerprint density at radius 3 is 1.79 bits per heavy atom. The Morgan fingerprint density at radius 2 is 1.21 bits per heavy atom. The lowest BCUT2D eigenvalue weighted by molar-refractivity contribution is 0.959. The first kappa shape index (κ1) is 20.1. The van der Waals surface area contributed by atoms with Gasteiger partial charge in [-0.2, -0.15) is 0 Å². The van der Waals surface area contributed by atoms with Gasteiger partial charge in [0.05, 0.1) is 0 Å². The highest BCUT2D eigenvalue weighted by molar-refractivity contribution is 6.02. The van der Waals surface area contributed by atoms with Crippen LogP contribution < -0.4 is 0 Å². The standard InChI is InChI=1S/C25H22.C2H6.CH4/c1-3-21-24-14-19-10-6-4-8-17(19)12-22(24)16(2)23-13-18-9-5-7-11-20(18)15-25(21)23;1-2;/h4-12,14H,3,13,15H2,1-2H3;1-2H3;1H4. The molecule has 0 amide bonds. The van der Waals surface area contributed by atoms with Crippen molar-refractivity contribution in [3.05, 3.63) is 94.0 Å². The zero-order valence-electron chi connectivity index (χ0n) is 16.9. The van der Waals surface area contributed by atoms with E-state index in [1.165, 1.54) is 38.2 Å². The van der Waals surface area contributed by atoms with Crippen LogP contribution in [-0.4, -0.2) is 0 Å². The molecule has 0 heteroatoms. The van der Waals surface area contributed by atoms with E-state index >= 15 is 0 Å². The van der Waals surface area contributed by atoms with Crippen molar-refractivity contribution in [2.75, 3.05) is 0 Å². The third-order valence-electron chi connectivity index (χ3n) is 6.00. The molecule has 144 valence electrons. The molecule has 0 nitrogen and oxygen atoms in total. The summed E-state index contributed by atoms with van der Waals surface area (Å²) in [4.78, 5) is 0. The van der Waals surface area contributed by atoms with E-state index in [-0.39, 0.29) is 7.43 Å². The van der Waals surface area contributed by atoms with Gasteiger partial charge in [-0.3, -0.25) is 0 Å². The number of hydrogen-bond acceptors (Lipinski definition) is 0. The molecule has 4 aromatic rings. The quantitative estimate of drug-likeness (QED) is 0.263. The fraction of sp³-hybridized carbons (Fsp3) is 0.286. The fourth-order valence-corrected chi connectivity index (χ4v) is 4.67. The average Bonchev–Trinajstić information content (AvgIpc) is 2.73. The number of aryl methyl sites for hydroxylation is 2. The maximum absolute atomic E-state index is 2.41. The van der Waals surface area contributed by atoms with Crippen molar-refractivity contribution < 1.29 is 0 Å². The minimum Gasteiger partial charge on any atom is -0.0776 e. The maximum atomic E-state index is 2.41. The average molecular weight is 369 g/mol. The monoisotopic (exact) mass is 368 g/mol. The molecule has 0 bridgehead atoms. The van der Waals surface area contributed by atoms with E-state index in [0.717, 1.165) is 19.3 Å². The van der Waals surface area contributed by atoms with Crippen molar-refractivity contribution in [3.63, 3.8) is 0 Å². The predicted octanol–water partition coefficient (Wildman–Crippen LogP) is 8.02. The number of rotatable bonds is 1. The Balaban J connectivity index is 0.000000728. The molecule has 0 radical (unpaired) electrons. The van der Waals surface area contributed by atoms with Crippen LogP contribution in [0.2, 0.25) is 0 Å². The van der Waals surface area contributed by atoms with E-state index in [2.05, 4.69) is 74.5 Å². The summed E-state index contributed by atoms with van der Waals surface area (Å²) in [5.41, 5.74) is 9.18. The Morgan fingerprint density at radius 1 is 0.714 bits per heavy atom. The van der Waals surface area contributed by atoms with Crippen molar-refractivity contribution in [1.29, 1.82) is 0 Å². The molecule has 0 saturated heterocycles. The molecule has 0 atom stereocenters. The normalized spacial score (nSPS) is 11.9. The third kappa shape index (κ3) is 3.11. The molecule has 0 N–H and O–H groups in total. The van der Waals surface area contributed by atoms with Crippen LogP contribution in [0.3, 0.4) is 0 Å². The molecule has 1 aliphatic rings. The molecule has 28 heavy (non-hydrogen) atoms. The van der Waals surface area contributed by atoms with Gasteiger partial charge in [-0.15, -0.1) is 0 Å². The van der Waals surface area contributed by atoms with Crippen molar-refractivity contribution in [2.24, 2.45) is 0 Å². The predicted molar refractivity (Wildman–Crippen MR) is 126 cm³/mol. The van der Waals surface area contributed by atoms with Crippen LogP contribution in [0.4, 0.5) is 0 Å². The van der Waals surface area contributed by atoms with E-state index in [1.54, 1.807) is 16.7 Å². The SMILES string of the molecule is C.CC.CCc1c2c(c(C)c3cc4ccccc4cc13)Cc1ccccc1C2. The number of fused-ring (bicyclic) bond motifs is 4. The van der Waals surface area contributed by atoms with Crippen molar-refractivity contribution in [1.82, 2.24) is 0 Å². The van der Waals surface area contributed by atoms with Gasteiger partial charge in [0.2, 0.25) is 0 Å². The lowest BCUT2D eigenvalue weighted by atomic mass is 9.78. The van der Waals surface area contributed by atoms with Crippen LogP contribution >= 0.6 is 0 Å². The largest absolute Gasteiger partial charge is 0.0776 e. The minimum atomic E-state index is 0. The summed E-state index contributed by atoms with van der Waals surface area (Å²) in [7, 11) is 0. The highest BCUT2D eigenvalue weighted by atomic mass is 14.3. The molecule has 4 aromatic carbocycles. The van der Waals surface area contributed by atoms with Gasteiger partial charge in [0.1, 0.15) is 0 Å². The van der Waals surface area contributed by atoms with Gasteiger partial charge in [-0.1, -0.05) is 76.7 Å². The molecule has 0 unspecified atom stereocenters. The lowest BCUT2D eigenvalue weighted by Crippen LogP contribution is -2.12. The van der Waals surface area contributed by atoms with Gasteiger partial charge in [0.15, 0.2) is 0 Å². The van der Waals surface area contributed by atoms with Gasteiger partial charge in [0.25, 0.3) is 0 Å². The molecule has 0 aliphatic heterocycles. The van der Waals surface area contributed by atoms with E-state index in [0.29, 0.717) is 0 Å². The second-order valence-electron chi connectivity index (χ2n) is 7.28. The van der Waals surface area contributed by atoms with Crippen LogP contribution in [0.5, 0.6) is 0 Å². The molecule has 0 heterocycles. The molecule has 0 spiro atoms. The zero-order valence-corrected chi connectivity index (χ0v) is 16.9. The number of hydrogen-bond donors (Lipinski definition) is 0. The van der Waals surface area contributed by atoms with Crippen molar-refractivity contribution in [3.8, 4) is 0 Å². The van der Waals surface area contributed by atoms with E-state index < -0.39 is 0 Å². The van der Waals surface area contributed by atoms with Crippen LogP contribution in [0.15, 0.2) is 60.7 Å². The summed E-state index contributed by atoms with van der Waals surface area (Å²) < 4.78 is 0. The van der Waals surface area contributed by atoms with Crippen molar-refractivity contribution >= 4 is 21.5 Å². The second kappa shape index (κ2) is 8.19. The van der Waals surface area contributed by atoms with Crippen LogP contribution in [-0.2, 0) is 19.3 Å². The first-order chi connectivity index (χ1) is 13.3. The Kier molecular flexibility index (Phi) is 5.89. The Bertz CT molecular complexity index is 1130. The van der Waals surface area contributed by atoms with Gasteiger partial charge in [0, 0.05) is 0 Å². The lowest BCUT2D eigenvalue weighted by Gasteiger charge is -2.26. The molecular formula is C28H32. The summed E-state index contributed by atoms with van der Waals surface area (Å²) >= 11 is 0. The van der Waals surface area contributed by atoms with Crippen LogP contribution in [0.25, 0.3) is 21.5 Å². The van der Waals surface area contributed by atoms with Crippen LogP contribution in [0.1, 0.15) is 61.6 Å². The fourth-order valence-electron chi connectivity index (χ4n) is 4.67. The number of benzene rings is 4. The second-order valence-corrected chi connectivity index (χ2v) is 7.28. The summed E-state index contributed by atoms with van der Waals surface area (Å²) in [6, 6.07) is 22.5. The topological polar surface area (TPSA) is 0 Å². The summed E-state index contributed by atoms with van der Waals surface area (Å²) in [6.07, 6.45) is 3.25. The van der Waals surface area contributed by atoms with Gasteiger partial charge >= 0.3 is 0 Å². The minimum absolute atomic E-state index is 0. The highest BCUT2D eigenvalue weighted by Gasteiger charge is 2.22. The Hall–Kier alpha value is -2.60. The smallest absolute Gasteiger partial charge is 0.00170 e. The third-order valence-corrected chi connectivity index (χ3v) is 6.00. The van der Waals surface area contributed by atoms with E-state index in [1.807, 2.05) is 13.8 Å². The molecule has 1 aliphatic carbocycles. The molecule has 5 rings (SSSR count). The molecular weight excluding hydrogens is 336 g/mol. The van der Waals surface area contributed by atoms with Crippen LogP contribution in [0, 0.1) is 6.92 Å². The Labute approximate surface area is 170 Å². The van der Waals surface area contributed by atoms with Gasteiger partial charge < -0.3 is 0 Å². The first-order valence-corrected chi connectivity index (χ1v) is 10.3. The zero-order chi connectivity index (χ0) is 19.0. The highest BCUT2D eigenvalue weighted by Crippen LogP contribution is 2.38. The first-order valence-electron chi connectivity index (χ1n) is 10.3. The van der Waals surface area contributed by atoms with E-state index in [9.17, 15) is 0 Å². The summed E-state index contributed by atoms with van der Waals surface area (Å²) in [6.45, 7) is 8.63.